The second-order valence-corrected chi connectivity index (χ2v) is 6.75. The third-order valence-corrected chi connectivity index (χ3v) is 5.05. The van der Waals surface area contributed by atoms with Gasteiger partial charge >= 0.3 is 0 Å². The van der Waals surface area contributed by atoms with Crippen LogP contribution in [-0.4, -0.2) is 23.9 Å². The fraction of sp³-hybridized carbons (Fsp3) is 0.316. The molecule has 27 heavy (non-hydrogen) atoms. The SMILES string of the molecule is COc1c(C=O)n2c(c(C(=O)NCc3cccc(Cl)c3F)c1=O)CC[C@H]2C. The van der Waals surface area contributed by atoms with E-state index in [0.717, 1.165) is 0 Å². The van der Waals surface area contributed by atoms with Crippen molar-refractivity contribution in [3.05, 3.63) is 61.8 Å². The molecule has 0 radical (unpaired) electrons. The number of amides is 1. The van der Waals surface area contributed by atoms with Crippen molar-refractivity contribution >= 4 is 23.8 Å². The van der Waals surface area contributed by atoms with Gasteiger partial charge in [0.05, 0.1) is 12.1 Å². The number of methoxy groups -OCH3 is 1. The van der Waals surface area contributed by atoms with Crippen LogP contribution in [0, 0.1) is 5.82 Å². The minimum atomic E-state index is -0.649. The van der Waals surface area contributed by atoms with Crippen LogP contribution in [0.25, 0.3) is 0 Å². The number of aldehydes is 1. The number of carbonyl (C=O) groups is 2. The highest BCUT2D eigenvalue weighted by atomic mass is 35.5. The van der Waals surface area contributed by atoms with E-state index in [2.05, 4.69) is 5.32 Å². The number of nitrogens with one attached hydrogen (secondary N) is 1. The molecule has 0 spiro atoms. The van der Waals surface area contributed by atoms with Gasteiger partial charge in [-0.05, 0) is 25.8 Å². The normalized spacial score (nSPS) is 15.3. The Kier molecular flexibility index (Phi) is 5.32. The van der Waals surface area contributed by atoms with Crippen LogP contribution in [0.2, 0.25) is 5.02 Å². The summed E-state index contributed by atoms with van der Waals surface area (Å²) >= 11 is 5.75. The summed E-state index contributed by atoms with van der Waals surface area (Å²) in [5.41, 5.74) is 0.0881. The molecule has 2 heterocycles. The molecule has 1 aliphatic heterocycles. The first-order valence-corrected chi connectivity index (χ1v) is 8.80. The molecular formula is C19H18ClFN2O4. The first-order chi connectivity index (χ1) is 12.9. The minimum Gasteiger partial charge on any atom is -0.491 e. The number of hydrogen-bond donors (Lipinski definition) is 1. The summed E-state index contributed by atoms with van der Waals surface area (Å²) in [7, 11) is 1.28. The van der Waals surface area contributed by atoms with Gasteiger partial charge in [-0.1, -0.05) is 23.7 Å². The molecule has 0 unspecified atom stereocenters. The Labute approximate surface area is 159 Å². The molecule has 0 saturated carbocycles. The van der Waals surface area contributed by atoms with Crippen LogP contribution in [0.4, 0.5) is 4.39 Å². The molecule has 0 saturated heterocycles. The molecule has 0 bridgehead atoms. The number of pyridine rings is 1. The Morgan fingerprint density at radius 3 is 2.89 bits per heavy atom. The summed E-state index contributed by atoms with van der Waals surface area (Å²) < 4.78 is 20.8. The molecule has 0 fully saturated rings. The van der Waals surface area contributed by atoms with Crippen LogP contribution in [0.1, 0.15) is 51.5 Å². The molecule has 1 atom stereocenters. The molecule has 1 N–H and O–H groups in total. The molecule has 1 amide bonds. The van der Waals surface area contributed by atoms with Crippen molar-refractivity contribution in [2.45, 2.75) is 32.4 Å². The number of hydrogen-bond acceptors (Lipinski definition) is 4. The summed E-state index contributed by atoms with van der Waals surface area (Å²) in [6.07, 6.45) is 1.74. The Morgan fingerprint density at radius 2 is 2.22 bits per heavy atom. The summed E-state index contributed by atoms with van der Waals surface area (Å²) in [6, 6.07) is 4.43. The summed E-state index contributed by atoms with van der Waals surface area (Å²) in [6.45, 7) is 1.77. The van der Waals surface area contributed by atoms with Gasteiger partial charge in [-0.2, -0.15) is 0 Å². The van der Waals surface area contributed by atoms with Crippen LogP contribution < -0.4 is 15.5 Å². The summed E-state index contributed by atoms with van der Waals surface area (Å²) in [5, 5.41) is 2.52. The van der Waals surface area contributed by atoms with E-state index >= 15 is 0 Å². The van der Waals surface area contributed by atoms with E-state index in [-0.39, 0.29) is 40.2 Å². The Bertz CT molecular complexity index is 987. The third-order valence-electron chi connectivity index (χ3n) is 4.76. The molecule has 2 aromatic rings. The Hall–Kier alpha value is -2.67. The lowest BCUT2D eigenvalue weighted by atomic mass is 10.1. The first-order valence-electron chi connectivity index (χ1n) is 8.42. The topological polar surface area (TPSA) is 77.4 Å². The van der Waals surface area contributed by atoms with Crippen LogP contribution in [0.5, 0.6) is 5.75 Å². The zero-order valence-electron chi connectivity index (χ0n) is 14.8. The fourth-order valence-electron chi connectivity index (χ4n) is 3.45. The van der Waals surface area contributed by atoms with Crippen molar-refractivity contribution in [2.24, 2.45) is 0 Å². The van der Waals surface area contributed by atoms with Crippen molar-refractivity contribution in [3.8, 4) is 5.75 Å². The van der Waals surface area contributed by atoms with E-state index in [1.54, 1.807) is 10.6 Å². The molecule has 3 rings (SSSR count). The van der Waals surface area contributed by atoms with Crippen molar-refractivity contribution in [3.63, 3.8) is 0 Å². The molecule has 0 aliphatic carbocycles. The van der Waals surface area contributed by atoms with Gasteiger partial charge in [0.15, 0.2) is 12.0 Å². The smallest absolute Gasteiger partial charge is 0.257 e. The standard InChI is InChI=1S/C19H18ClFN2O4/c1-10-6-7-13-15(17(25)18(27-2)14(9-24)23(10)13)19(26)22-8-11-4-3-5-12(20)16(11)21/h3-5,9-10H,6-8H2,1-2H3,(H,22,26)/t10-/m1/s1. The van der Waals surface area contributed by atoms with E-state index < -0.39 is 17.2 Å². The van der Waals surface area contributed by atoms with Gasteiger partial charge in [0.25, 0.3) is 5.91 Å². The molecular weight excluding hydrogens is 375 g/mol. The highest BCUT2D eigenvalue weighted by Crippen LogP contribution is 2.31. The van der Waals surface area contributed by atoms with Crippen LogP contribution in [0.15, 0.2) is 23.0 Å². The molecule has 142 valence electrons. The number of ether oxygens (including phenoxy) is 1. The second-order valence-electron chi connectivity index (χ2n) is 6.34. The van der Waals surface area contributed by atoms with E-state index in [9.17, 15) is 18.8 Å². The number of halogens is 2. The predicted octanol–water partition coefficient (Wildman–Crippen LogP) is 2.90. The van der Waals surface area contributed by atoms with E-state index in [0.29, 0.717) is 24.8 Å². The predicted molar refractivity (Wildman–Crippen MR) is 98.3 cm³/mol. The van der Waals surface area contributed by atoms with Crippen LogP contribution in [0.3, 0.4) is 0 Å². The maximum absolute atomic E-state index is 14.0. The maximum atomic E-state index is 14.0. The second kappa shape index (κ2) is 7.52. The van der Waals surface area contributed by atoms with Crippen molar-refractivity contribution < 1.29 is 18.7 Å². The largest absolute Gasteiger partial charge is 0.491 e. The van der Waals surface area contributed by atoms with Crippen LogP contribution >= 0.6 is 11.6 Å². The molecule has 1 aromatic heterocycles. The average molecular weight is 393 g/mol. The first kappa shape index (κ1) is 19.1. The van der Waals surface area contributed by atoms with E-state index in [1.165, 1.54) is 19.2 Å². The number of benzene rings is 1. The zero-order chi connectivity index (χ0) is 19.7. The van der Waals surface area contributed by atoms with E-state index in [1.807, 2.05) is 6.92 Å². The summed E-state index contributed by atoms with van der Waals surface area (Å²) in [5.74, 6) is -1.43. The number of nitrogens with zero attached hydrogens (tertiary/aromatic N) is 1. The van der Waals surface area contributed by atoms with Gasteiger partial charge in [0.2, 0.25) is 5.43 Å². The summed E-state index contributed by atoms with van der Waals surface area (Å²) in [4.78, 5) is 37.0. The fourth-order valence-corrected chi connectivity index (χ4v) is 3.64. The van der Waals surface area contributed by atoms with Gasteiger partial charge in [0, 0.05) is 23.8 Å². The highest BCUT2D eigenvalue weighted by Gasteiger charge is 2.31. The van der Waals surface area contributed by atoms with Gasteiger partial charge in [-0.15, -0.1) is 0 Å². The van der Waals surface area contributed by atoms with Gasteiger partial charge in [0.1, 0.15) is 17.1 Å². The lowest BCUT2D eigenvalue weighted by Gasteiger charge is -2.18. The third kappa shape index (κ3) is 3.23. The molecule has 1 aliphatic rings. The Morgan fingerprint density at radius 1 is 1.48 bits per heavy atom. The number of rotatable bonds is 5. The zero-order valence-corrected chi connectivity index (χ0v) is 15.6. The van der Waals surface area contributed by atoms with Gasteiger partial charge in [-0.3, -0.25) is 14.4 Å². The van der Waals surface area contributed by atoms with E-state index in [4.69, 9.17) is 16.3 Å². The van der Waals surface area contributed by atoms with Gasteiger partial charge in [-0.25, -0.2) is 4.39 Å². The quantitative estimate of drug-likeness (QED) is 0.794. The van der Waals surface area contributed by atoms with Gasteiger partial charge < -0.3 is 14.6 Å². The monoisotopic (exact) mass is 392 g/mol. The number of fused-ring (bicyclic) bond motifs is 1. The minimum absolute atomic E-state index is 0.0476. The van der Waals surface area contributed by atoms with Crippen molar-refractivity contribution in [1.29, 1.82) is 0 Å². The molecule has 8 heteroatoms. The Balaban J connectivity index is 2.01. The number of aromatic nitrogens is 1. The average Bonchev–Trinajstić information content (AvgIpc) is 3.02. The lowest BCUT2D eigenvalue weighted by molar-refractivity contribution is 0.0946. The highest BCUT2D eigenvalue weighted by molar-refractivity contribution is 6.30. The lowest BCUT2D eigenvalue weighted by Crippen LogP contribution is -2.33. The van der Waals surface area contributed by atoms with Crippen molar-refractivity contribution in [2.75, 3.05) is 7.11 Å². The maximum Gasteiger partial charge on any atom is 0.257 e. The molecule has 6 nitrogen and oxygen atoms in total. The number of carbonyl (C=O) groups excluding carboxylic acids is 2. The van der Waals surface area contributed by atoms with Crippen molar-refractivity contribution in [1.82, 2.24) is 9.88 Å². The van der Waals surface area contributed by atoms with Crippen LogP contribution in [-0.2, 0) is 13.0 Å². The molecule has 1 aromatic carbocycles.